The predicted octanol–water partition coefficient (Wildman–Crippen LogP) is 7.93. The Morgan fingerprint density at radius 2 is 1.84 bits per heavy atom. The summed E-state index contributed by atoms with van der Waals surface area (Å²) in [6, 6.07) is 21.2. The van der Waals surface area contributed by atoms with Gasteiger partial charge in [0.1, 0.15) is 11.4 Å². The Balaban J connectivity index is 0.000000204. The molecule has 2 N–H and O–H groups in total. The van der Waals surface area contributed by atoms with Gasteiger partial charge in [-0.25, -0.2) is 0 Å². The van der Waals surface area contributed by atoms with Crippen LogP contribution in [0, 0.1) is 29.1 Å². The van der Waals surface area contributed by atoms with Gasteiger partial charge in [-0.15, -0.1) is 5.92 Å². The van der Waals surface area contributed by atoms with E-state index in [1.54, 1.807) is 12.7 Å². The third-order valence-corrected chi connectivity index (χ3v) is 12.0. The van der Waals surface area contributed by atoms with Gasteiger partial charge in [0.2, 0.25) is 5.91 Å². The summed E-state index contributed by atoms with van der Waals surface area (Å²) in [6.45, 7) is 6.34. The molecule has 0 aromatic heterocycles. The van der Waals surface area contributed by atoms with Crippen molar-refractivity contribution in [2.24, 2.45) is 17.3 Å². The van der Waals surface area contributed by atoms with Crippen molar-refractivity contribution in [1.29, 1.82) is 0 Å². The van der Waals surface area contributed by atoms with Gasteiger partial charge in [-0.2, -0.15) is 0 Å². The summed E-state index contributed by atoms with van der Waals surface area (Å²) in [4.78, 5) is 25.2. The third-order valence-electron chi connectivity index (χ3n) is 12.0. The van der Waals surface area contributed by atoms with Crippen LogP contribution in [0.2, 0.25) is 0 Å². The number of rotatable bonds is 6. The Morgan fingerprint density at radius 1 is 1.06 bits per heavy atom. The molecule has 1 amide bonds. The molecule has 0 bridgehead atoms. The van der Waals surface area contributed by atoms with Crippen LogP contribution in [0.1, 0.15) is 82.8 Å². The molecule has 3 aromatic rings. The van der Waals surface area contributed by atoms with Gasteiger partial charge in [-0.05, 0) is 127 Å². The maximum absolute atomic E-state index is 12.2. The lowest BCUT2D eigenvalue weighted by atomic mass is 9.51. The number of anilines is 1. The molecule has 0 heterocycles. The first kappa shape index (κ1) is 35.5. The highest BCUT2D eigenvalue weighted by molar-refractivity contribution is 5.93. The Hall–Kier alpha value is -4.34. The zero-order valence-corrected chi connectivity index (χ0v) is 30.6. The van der Waals surface area contributed by atoms with Crippen molar-refractivity contribution in [1.82, 2.24) is 5.32 Å². The van der Waals surface area contributed by atoms with Crippen LogP contribution in [0.3, 0.4) is 0 Å². The maximum Gasteiger partial charge on any atom is 0.216 e. The highest BCUT2D eigenvalue weighted by Gasteiger charge is 2.62. The zero-order chi connectivity index (χ0) is 35.6. The normalized spacial score (nSPS) is 26.7. The second kappa shape index (κ2) is 14.5. The number of fused-ring (bicyclic) bond motifs is 5. The van der Waals surface area contributed by atoms with E-state index in [0.717, 1.165) is 50.7 Å². The number of hydrogen-bond acceptors (Lipinski definition) is 5. The summed E-state index contributed by atoms with van der Waals surface area (Å²) in [7, 11) is 5.81. The Kier molecular flexibility index (Phi) is 10.3. The molecule has 4 aliphatic carbocycles. The highest BCUT2D eigenvalue weighted by atomic mass is 16.5. The van der Waals surface area contributed by atoms with Gasteiger partial charge < -0.3 is 20.1 Å². The van der Waals surface area contributed by atoms with Gasteiger partial charge in [-0.1, -0.05) is 54.8 Å². The van der Waals surface area contributed by atoms with Gasteiger partial charge in [-0.3, -0.25) is 9.59 Å². The molecule has 3 aromatic carbocycles. The van der Waals surface area contributed by atoms with Crippen LogP contribution in [0.15, 0.2) is 83.5 Å². The number of allylic oxidation sites excluding steroid dienone is 4. The monoisotopic (exact) mass is 672 g/mol. The van der Waals surface area contributed by atoms with E-state index in [-0.39, 0.29) is 23.0 Å². The summed E-state index contributed by atoms with van der Waals surface area (Å²) < 4.78 is 5.25. The predicted molar refractivity (Wildman–Crippen MR) is 202 cm³/mol. The standard InChI is InChI=1S/C29H35NO2.C15H17NO2/c1-5-15-29(32)16-14-26-24-12-8-20-17-22(31)11-13-23(20)27(24)25(18-28(26,29)2)19-6-9-21(10-7-19)30(3)4;1-11(17)16-9-8-13-5-3-4-12-6-7-14(18-2)10-15(12)13/h6-7,9-10,17,24-26,32H,8,11-14,16,18H2,1-4H3;3-7,10H,8-9H2,1-2H3,(H,16,17)/t24-,25+,26-,28-,29-;/m0./s1. The molecule has 2 saturated carbocycles. The van der Waals surface area contributed by atoms with Gasteiger partial charge in [0.25, 0.3) is 0 Å². The topological polar surface area (TPSA) is 78.9 Å². The van der Waals surface area contributed by atoms with Crippen molar-refractivity contribution in [3.05, 3.63) is 94.6 Å². The first-order chi connectivity index (χ1) is 24.0. The number of methoxy groups -OCH3 is 1. The highest BCUT2D eigenvalue weighted by Crippen LogP contribution is 2.66. The van der Waals surface area contributed by atoms with E-state index < -0.39 is 5.60 Å². The maximum atomic E-state index is 12.2. The first-order valence-electron chi connectivity index (χ1n) is 18.2. The smallest absolute Gasteiger partial charge is 0.216 e. The minimum absolute atomic E-state index is 0.00724. The van der Waals surface area contributed by atoms with Crippen LogP contribution in [0.4, 0.5) is 5.69 Å². The number of hydrogen-bond donors (Lipinski definition) is 2. The number of ether oxygens (including phenoxy) is 1. The van der Waals surface area contributed by atoms with Gasteiger partial charge in [0.15, 0.2) is 5.78 Å². The van der Waals surface area contributed by atoms with E-state index in [1.165, 1.54) is 45.7 Å². The largest absolute Gasteiger partial charge is 0.497 e. The lowest BCUT2D eigenvalue weighted by molar-refractivity contribution is -0.119. The molecular weight excluding hydrogens is 620 g/mol. The molecule has 50 heavy (non-hydrogen) atoms. The van der Waals surface area contributed by atoms with Gasteiger partial charge in [0.05, 0.1) is 7.11 Å². The summed E-state index contributed by atoms with van der Waals surface area (Å²) in [5.74, 6) is 8.62. The fourth-order valence-electron chi connectivity index (χ4n) is 9.42. The number of nitrogens with zero attached hydrogens (tertiary/aromatic N) is 1. The quantitative estimate of drug-likeness (QED) is 0.260. The second-order valence-corrected chi connectivity index (χ2v) is 15.0. The van der Waals surface area contributed by atoms with E-state index in [1.807, 2.05) is 31.2 Å². The van der Waals surface area contributed by atoms with Crippen molar-refractivity contribution < 1.29 is 19.4 Å². The Bertz CT molecular complexity index is 1890. The summed E-state index contributed by atoms with van der Waals surface area (Å²) in [5.41, 5.74) is 6.94. The molecule has 262 valence electrons. The molecule has 0 unspecified atom stereocenters. The average molecular weight is 673 g/mol. The van der Waals surface area contributed by atoms with Crippen LogP contribution in [0.25, 0.3) is 10.8 Å². The molecule has 0 aliphatic heterocycles. The molecule has 7 rings (SSSR count). The molecule has 5 atom stereocenters. The average Bonchev–Trinajstić information content (AvgIpc) is 3.37. The lowest BCUT2D eigenvalue weighted by Gasteiger charge is -2.53. The van der Waals surface area contributed by atoms with Crippen LogP contribution in [0.5, 0.6) is 5.75 Å². The summed E-state index contributed by atoms with van der Waals surface area (Å²) in [5, 5.41) is 16.9. The zero-order valence-electron chi connectivity index (χ0n) is 30.6. The van der Waals surface area contributed by atoms with Gasteiger partial charge in [0, 0.05) is 51.0 Å². The Morgan fingerprint density at radius 3 is 2.54 bits per heavy atom. The number of nitrogens with one attached hydrogen (secondary N) is 1. The van der Waals surface area contributed by atoms with Crippen LogP contribution < -0.4 is 15.0 Å². The molecular formula is C44H52N2O4. The number of amides is 1. The van der Waals surface area contributed by atoms with Crippen LogP contribution >= 0.6 is 0 Å². The molecule has 6 heteroatoms. The second-order valence-electron chi connectivity index (χ2n) is 15.0. The minimum Gasteiger partial charge on any atom is -0.497 e. The fourth-order valence-corrected chi connectivity index (χ4v) is 9.42. The molecule has 2 fully saturated rings. The summed E-state index contributed by atoms with van der Waals surface area (Å²) in [6.07, 6.45) is 9.06. The molecule has 0 spiro atoms. The van der Waals surface area contributed by atoms with Crippen molar-refractivity contribution in [3.8, 4) is 17.6 Å². The van der Waals surface area contributed by atoms with Crippen molar-refractivity contribution >= 4 is 28.2 Å². The number of aliphatic hydroxyl groups is 1. The first-order valence-corrected chi connectivity index (χ1v) is 18.2. The SMILES string of the molecule is CC#C[C@]1(O)CC[C@H]2[C@@H]3CCC4=CC(=O)CCC4=C3[C@@H](c3ccc(N(C)C)cc3)C[C@@]21C.COc1ccc2cccc(CCNC(C)=O)c2c1. The van der Waals surface area contributed by atoms with E-state index in [4.69, 9.17) is 4.74 Å². The van der Waals surface area contributed by atoms with E-state index >= 15 is 0 Å². The molecule has 0 saturated heterocycles. The molecule has 6 nitrogen and oxygen atoms in total. The van der Waals surface area contributed by atoms with Crippen molar-refractivity contribution in [2.45, 2.75) is 83.7 Å². The number of ketones is 1. The van der Waals surface area contributed by atoms with Crippen molar-refractivity contribution in [2.75, 3.05) is 32.6 Å². The number of carbonyl (C=O) groups is 2. The molecule has 0 radical (unpaired) electrons. The summed E-state index contributed by atoms with van der Waals surface area (Å²) >= 11 is 0. The number of carbonyl (C=O) groups excluding carboxylic acids is 2. The Labute approximate surface area is 298 Å². The lowest BCUT2D eigenvalue weighted by Crippen LogP contribution is -2.51. The van der Waals surface area contributed by atoms with E-state index in [2.05, 4.69) is 85.5 Å². The van der Waals surface area contributed by atoms with Gasteiger partial charge >= 0.3 is 0 Å². The van der Waals surface area contributed by atoms with Crippen LogP contribution in [-0.4, -0.2) is 50.1 Å². The number of benzene rings is 3. The van der Waals surface area contributed by atoms with E-state index in [0.29, 0.717) is 24.8 Å². The molecule has 4 aliphatic rings. The van der Waals surface area contributed by atoms with Crippen LogP contribution in [-0.2, 0) is 16.0 Å². The van der Waals surface area contributed by atoms with E-state index in [9.17, 15) is 14.7 Å². The third kappa shape index (κ3) is 6.73. The van der Waals surface area contributed by atoms with Crippen molar-refractivity contribution in [3.63, 3.8) is 0 Å². The minimum atomic E-state index is -0.914. The fraction of sp³-hybridized carbons (Fsp3) is 0.455.